The Hall–Kier alpha value is -2.52. The lowest BCUT2D eigenvalue weighted by molar-refractivity contribution is -0.137. The Morgan fingerprint density at radius 1 is 1.00 bits per heavy atom. The zero-order valence-corrected chi connectivity index (χ0v) is 20.4. The van der Waals surface area contributed by atoms with E-state index < -0.39 is 17.8 Å². The van der Waals surface area contributed by atoms with Crippen LogP contribution in [0.2, 0.25) is 0 Å². The van der Waals surface area contributed by atoms with Crippen LogP contribution in [0.1, 0.15) is 69.4 Å². The average Bonchev–Trinajstić information content (AvgIpc) is 3.24. The summed E-state index contributed by atoms with van der Waals surface area (Å²) in [5.41, 5.74) is -0.254. The number of thiazole rings is 1. The number of hydrogen-bond acceptors (Lipinski definition) is 7. The van der Waals surface area contributed by atoms with E-state index in [1.165, 1.54) is 11.3 Å². The molecule has 1 aromatic heterocycles. The van der Waals surface area contributed by atoms with Crippen LogP contribution in [0.15, 0.2) is 29.9 Å². The fraction of sp³-hybridized carbons (Fsp3) is 0.545. The monoisotopic (exact) mass is 455 g/mol. The van der Waals surface area contributed by atoms with E-state index in [-0.39, 0.29) is 17.1 Å². The van der Waals surface area contributed by atoms with Crippen molar-refractivity contribution in [3.63, 3.8) is 0 Å². The van der Waals surface area contributed by atoms with Gasteiger partial charge in [0.2, 0.25) is 0 Å². The fourth-order valence-corrected chi connectivity index (χ4v) is 2.66. The molecule has 9 heteroatoms. The number of rotatable bonds is 11. The van der Waals surface area contributed by atoms with Crippen LogP contribution < -0.4 is 10.6 Å². The van der Waals surface area contributed by atoms with Crippen LogP contribution in [-0.2, 0) is 25.5 Å². The van der Waals surface area contributed by atoms with Crippen molar-refractivity contribution in [3.8, 4) is 0 Å². The van der Waals surface area contributed by atoms with Crippen LogP contribution >= 0.6 is 11.3 Å². The van der Waals surface area contributed by atoms with Gasteiger partial charge in [-0.3, -0.25) is 9.59 Å². The van der Waals surface area contributed by atoms with Gasteiger partial charge in [0, 0.05) is 18.6 Å². The summed E-state index contributed by atoms with van der Waals surface area (Å²) >= 11 is 1.38. The molecule has 1 aromatic rings. The number of amides is 2. The Kier molecular flexibility index (Phi) is 19.2. The molecule has 2 N–H and O–H groups in total. The normalized spacial score (nSPS) is 9.23. The Morgan fingerprint density at radius 3 is 2.06 bits per heavy atom. The molecular weight excluding hydrogens is 418 g/mol. The number of carbonyl (C=O) groups excluding carboxylic acids is 3. The van der Waals surface area contributed by atoms with Gasteiger partial charge in [0.25, 0.3) is 11.8 Å². The predicted octanol–water partition coefficient (Wildman–Crippen LogP) is 3.99. The molecule has 0 fully saturated rings. The van der Waals surface area contributed by atoms with Crippen molar-refractivity contribution in [1.29, 1.82) is 0 Å². The highest BCUT2D eigenvalue weighted by molar-refractivity contribution is 7.09. The maximum absolute atomic E-state index is 11.9. The first kappa shape index (κ1) is 30.7. The molecule has 0 saturated heterocycles. The van der Waals surface area contributed by atoms with Crippen molar-refractivity contribution in [2.24, 2.45) is 0 Å². The second kappa shape index (κ2) is 19.4. The lowest BCUT2D eigenvalue weighted by Gasteiger charge is -2.09. The van der Waals surface area contributed by atoms with Gasteiger partial charge >= 0.3 is 5.97 Å². The van der Waals surface area contributed by atoms with Crippen molar-refractivity contribution in [2.45, 2.75) is 60.3 Å². The van der Waals surface area contributed by atoms with Gasteiger partial charge in [-0.25, -0.2) is 9.78 Å². The highest BCUT2D eigenvalue weighted by Crippen LogP contribution is 2.11. The number of ether oxygens (including phenoxy) is 2. The Balaban J connectivity index is 0. The average molecular weight is 456 g/mol. The van der Waals surface area contributed by atoms with Crippen LogP contribution in [0, 0.1) is 0 Å². The smallest absolute Gasteiger partial charge is 0.353 e. The van der Waals surface area contributed by atoms with E-state index in [4.69, 9.17) is 4.74 Å². The molecule has 0 spiro atoms. The van der Waals surface area contributed by atoms with Crippen LogP contribution in [0.25, 0.3) is 0 Å². The van der Waals surface area contributed by atoms with Crippen molar-refractivity contribution in [1.82, 2.24) is 15.6 Å². The second-order valence-electron chi connectivity index (χ2n) is 5.85. The number of aromatic nitrogens is 1. The lowest BCUT2D eigenvalue weighted by atomic mass is 10.3. The lowest BCUT2D eigenvalue weighted by Crippen LogP contribution is -2.35. The summed E-state index contributed by atoms with van der Waals surface area (Å²) in [4.78, 5) is 38.9. The van der Waals surface area contributed by atoms with Crippen molar-refractivity contribution >= 4 is 29.1 Å². The molecule has 1 rings (SSSR count). The number of methoxy groups -OCH3 is 1. The van der Waals surface area contributed by atoms with E-state index in [9.17, 15) is 14.4 Å². The first-order valence-corrected chi connectivity index (χ1v) is 11.3. The molecular formula is C22H37N3O5S. The van der Waals surface area contributed by atoms with E-state index in [1.54, 1.807) is 5.38 Å². The standard InChI is InChI=1S/C14H17N3O4S.C6H14O.C2H6/c1-5-6-11-17-10(7-22-11)13(19)15-8(2)12(18)16-9(3)14(20)21-4;1-3-5-7-6-4-2;1-2/h7H,2-3,5-6H2,1,4H3,(H,15,19)(H,16,18);3-6H2,1-2H3;1-2H3. The molecule has 8 nitrogen and oxygen atoms in total. The Bertz CT molecular complexity index is 697. The van der Waals surface area contributed by atoms with Gasteiger partial charge in [0.05, 0.1) is 17.8 Å². The summed E-state index contributed by atoms with van der Waals surface area (Å²) in [6.45, 7) is 18.9. The van der Waals surface area contributed by atoms with E-state index in [1.807, 2.05) is 20.8 Å². The summed E-state index contributed by atoms with van der Waals surface area (Å²) in [6.07, 6.45) is 4.00. The van der Waals surface area contributed by atoms with Crippen molar-refractivity contribution < 1.29 is 23.9 Å². The van der Waals surface area contributed by atoms with Crippen LogP contribution in [-0.4, -0.2) is 43.1 Å². The Morgan fingerprint density at radius 2 is 1.58 bits per heavy atom. The van der Waals surface area contributed by atoms with Crippen LogP contribution in [0.4, 0.5) is 0 Å². The molecule has 0 atom stereocenters. The maximum Gasteiger partial charge on any atom is 0.353 e. The van der Waals surface area contributed by atoms with Gasteiger partial charge in [-0.2, -0.15) is 0 Å². The predicted molar refractivity (Wildman–Crippen MR) is 125 cm³/mol. The van der Waals surface area contributed by atoms with E-state index in [2.05, 4.69) is 47.4 Å². The van der Waals surface area contributed by atoms with Crippen LogP contribution in [0.3, 0.4) is 0 Å². The molecule has 0 aliphatic heterocycles. The summed E-state index contributed by atoms with van der Waals surface area (Å²) in [6, 6.07) is 0. The molecule has 0 unspecified atom stereocenters. The number of esters is 1. The summed E-state index contributed by atoms with van der Waals surface area (Å²) in [5.74, 6) is -2.08. The van der Waals surface area contributed by atoms with Crippen molar-refractivity contribution in [2.75, 3.05) is 20.3 Å². The SMILES string of the molecule is C=C(NC(=O)c1csc(CCC)n1)C(=O)NC(=C)C(=O)OC.CC.CCCOCCC. The van der Waals surface area contributed by atoms with Gasteiger partial charge in [0.15, 0.2) is 0 Å². The minimum atomic E-state index is -0.781. The molecule has 0 saturated carbocycles. The van der Waals surface area contributed by atoms with Gasteiger partial charge in [-0.05, 0) is 25.7 Å². The van der Waals surface area contributed by atoms with Crippen molar-refractivity contribution in [3.05, 3.63) is 40.6 Å². The summed E-state index contributed by atoms with van der Waals surface area (Å²) < 4.78 is 9.52. The first-order chi connectivity index (χ1) is 14.8. The van der Waals surface area contributed by atoms with E-state index in [0.29, 0.717) is 0 Å². The third-order valence-corrected chi connectivity index (χ3v) is 4.09. The van der Waals surface area contributed by atoms with Gasteiger partial charge in [-0.1, -0.05) is 47.8 Å². The maximum atomic E-state index is 11.9. The van der Waals surface area contributed by atoms with Gasteiger partial charge < -0.3 is 20.1 Å². The second-order valence-corrected chi connectivity index (χ2v) is 6.79. The topological polar surface area (TPSA) is 107 Å². The largest absolute Gasteiger partial charge is 0.464 e. The number of carbonyl (C=O) groups is 3. The number of hydrogen-bond donors (Lipinski definition) is 2. The third kappa shape index (κ3) is 14.2. The number of nitrogens with one attached hydrogen (secondary N) is 2. The third-order valence-electron chi connectivity index (χ3n) is 3.18. The molecule has 0 aliphatic rings. The van der Waals surface area contributed by atoms with Gasteiger partial charge in [-0.15, -0.1) is 11.3 Å². The van der Waals surface area contributed by atoms with E-state index in [0.717, 1.165) is 51.0 Å². The molecule has 0 bridgehead atoms. The summed E-state index contributed by atoms with van der Waals surface area (Å²) in [5, 5.41) is 6.95. The zero-order chi connectivity index (χ0) is 24.2. The van der Waals surface area contributed by atoms with E-state index >= 15 is 0 Å². The minimum absolute atomic E-state index is 0.217. The molecule has 176 valence electrons. The van der Waals surface area contributed by atoms with Crippen LogP contribution in [0.5, 0.6) is 0 Å². The molecule has 0 radical (unpaired) electrons. The number of nitrogens with zero attached hydrogens (tertiary/aromatic N) is 1. The molecule has 0 aliphatic carbocycles. The minimum Gasteiger partial charge on any atom is -0.464 e. The first-order valence-electron chi connectivity index (χ1n) is 10.4. The Labute approximate surface area is 190 Å². The molecule has 0 aromatic carbocycles. The highest BCUT2D eigenvalue weighted by Gasteiger charge is 2.17. The highest BCUT2D eigenvalue weighted by atomic mass is 32.1. The quantitative estimate of drug-likeness (QED) is 0.297. The fourth-order valence-electron chi connectivity index (χ4n) is 1.78. The summed E-state index contributed by atoms with van der Waals surface area (Å²) in [7, 11) is 1.16. The number of aryl methyl sites for hydroxylation is 1. The molecule has 2 amide bonds. The van der Waals surface area contributed by atoms with Gasteiger partial charge in [0.1, 0.15) is 11.4 Å². The zero-order valence-electron chi connectivity index (χ0n) is 19.6. The molecule has 1 heterocycles. The molecule has 31 heavy (non-hydrogen) atoms.